The summed E-state index contributed by atoms with van der Waals surface area (Å²) in [6, 6.07) is 13.5. The molecule has 2 aromatic carbocycles. The van der Waals surface area contributed by atoms with Crippen molar-refractivity contribution in [3.8, 4) is 0 Å². The van der Waals surface area contributed by atoms with Crippen molar-refractivity contribution in [3.63, 3.8) is 0 Å². The van der Waals surface area contributed by atoms with E-state index < -0.39 is 26.8 Å². The number of aryl methyl sites for hydroxylation is 1. The highest BCUT2D eigenvalue weighted by molar-refractivity contribution is 7.89. The zero-order valence-electron chi connectivity index (χ0n) is 15.7. The molecule has 28 heavy (non-hydrogen) atoms. The van der Waals surface area contributed by atoms with Crippen LogP contribution in [-0.4, -0.2) is 23.1 Å². The van der Waals surface area contributed by atoms with Gasteiger partial charge in [-0.1, -0.05) is 30.3 Å². The first-order chi connectivity index (χ1) is 13.2. The minimum absolute atomic E-state index is 0.0233. The number of benzene rings is 2. The van der Waals surface area contributed by atoms with Crippen LogP contribution in [0, 0.1) is 0 Å². The van der Waals surface area contributed by atoms with E-state index in [1.807, 2.05) is 37.3 Å². The summed E-state index contributed by atoms with van der Waals surface area (Å²) in [6.07, 6.45) is 1.58. The van der Waals surface area contributed by atoms with Crippen LogP contribution in [0.3, 0.4) is 0 Å². The van der Waals surface area contributed by atoms with Crippen molar-refractivity contribution < 1.29 is 8.42 Å². The fourth-order valence-corrected chi connectivity index (χ4v) is 4.73. The third-order valence-electron chi connectivity index (χ3n) is 5.20. The molecule has 0 saturated heterocycles. The Morgan fingerprint density at radius 2 is 1.75 bits per heavy atom. The molecule has 1 N–H and O–H groups in total. The highest BCUT2D eigenvalue weighted by atomic mass is 32.2. The van der Waals surface area contributed by atoms with Crippen LogP contribution in [-0.2, 0) is 23.6 Å². The maximum absolute atomic E-state index is 13.0. The third kappa shape index (κ3) is 3.29. The Hall–Kier alpha value is -2.71. The smallest absolute Gasteiger partial charge is 0.296 e. The third-order valence-corrected chi connectivity index (χ3v) is 6.83. The molecule has 7 nitrogen and oxygen atoms in total. The lowest BCUT2D eigenvalue weighted by molar-refractivity contribution is 0.558. The standard InChI is InChI=1S/C20H21N3O4S/c1-20(10-11-20)21-28(26,27)15-8-9-17-16(12-15)18(24)23(19(25)22(17)2)13-14-6-4-3-5-7-14/h3-9,12,21H,10-11,13H2,1-2H3. The maximum atomic E-state index is 13.0. The highest BCUT2D eigenvalue weighted by Gasteiger charge is 2.41. The first-order valence-corrected chi connectivity index (χ1v) is 10.5. The van der Waals surface area contributed by atoms with Crippen molar-refractivity contribution in [2.45, 2.75) is 36.7 Å². The number of fused-ring (bicyclic) bond motifs is 1. The number of hydrogen-bond donors (Lipinski definition) is 1. The Kier molecular flexibility index (Phi) is 4.28. The second-order valence-electron chi connectivity index (χ2n) is 7.56. The highest BCUT2D eigenvalue weighted by Crippen LogP contribution is 2.36. The summed E-state index contributed by atoms with van der Waals surface area (Å²) in [5.41, 5.74) is -0.147. The van der Waals surface area contributed by atoms with Crippen molar-refractivity contribution in [2.75, 3.05) is 0 Å². The summed E-state index contributed by atoms with van der Waals surface area (Å²) in [6.45, 7) is 1.97. The van der Waals surface area contributed by atoms with Crippen molar-refractivity contribution in [1.82, 2.24) is 13.9 Å². The molecule has 0 amide bonds. The van der Waals surface area contributed by atoms with Crippen molar-refractivity contribution in [2.24, 2.45) is 7.05 Å². The Balaban J connectivity index is 1.86. The Morgan fingerprint density at radius 1 is 1.07 bits per heavy atom. The van der Waals surface area contributed by atoms with Crippen LogP contribution in [0.25, 0.3) is 10.9 Å². The number of aromatic nitrogens is 2. The quantitative estimate of drug-likeness (QED) is 0.705. The lowest BCUT2D eigenvalue weighted by Gasteiger charge is -2.14. The van der Waals surface area contributed by atoms with E-state index in [9.17, 15) is 18.0 Å². The van der Waals surface area contributed by atoms with Crippen molar-refractivity contribution in [1.29, 1.82) is 0 Å². The molecular weight excluding hydrogens is 378 g/mol. The van der Waals surface area contributed by atoms with Crippen LogP contribution < -0.4 is 16.0 Å². The Labute approximate surface area is 162 Å². The predicted molar refractivity (Wildman–Crippen MR) is 107 cm³/mol. The molecule has 8 heteroatoms. The Bertz CT molecular complexity index is 1290. The summed E-state index contributed by atoms with van der Waals surface area (Å²) in [5.74, 6) is 0. The number of sulfonamides is 1. The van der Waals surface area contributed by atoms with E-state index in [0.29, 0.717) is 5.52 Å². The van der Waals surface area contributed by atoms with Crippen LogP contribution in [0.1, 0.15) is 25.3 Å². The number of hydrogen-bond acceptors (Lipinski definition) is 4. The van der Waals surface area contributed by atoms with Gasteiger partial charge < -0.3 is 0 Å². The van der Waals surface area contributed by atoms with Gasteiger partial charge in [0.25, 0.3) is 5.56 Å². The molecule has 0 atom stereocenters. The summed E-state index contributed by atoms with van der Waals surface area (Å²) in [4.78, 5) is 25.7. The fraction of sp³-hybridized carbons (Fsp3) is 0.300. The molecule has 1 aliphatic rings. The molecule has 0 unspecified atom stereocenters. The topological polar surface area (TPSA) is 90.2 Å². The molecule has 1 fully saturated rings. The zero-order valence-corrected chi connectivity index (χ0v) is 16.5. The largest absolute Gasteiger partial charge is 0.331 e. The van der Waals surface area contributed by atoms with Gasteiger partial charge in [-0.3, -0.25) is 13.9 Å². The normalized spacial score (nSPS) is 15.6. The van der Waals surface area contributed by atoms with E-state index in [1.165, 1.54) is 22.8 Å². The van der Waals surface area contributed by atoms with Gasteiger partial charge in [-0.25, -0.2) is 17.9 Å². The summed E-state index contributed by atoms with van der Waals surface area (Å²) >= 11 is 0. The molecule has 0 aliphatic heterocycles. The van der Waals surface area contributed by atoms with Crippen molar-refractivity contribution >= 4 is 20.9 Å². The van der Waals surface area contributed by atoms with Crippen LogP contribution >= 0.6 is 0 Å². The second-order valence-corrected chi connectivity index (χ2v) is 9.25. The minimum Gasteiger partial charge on any atom is -0.296 e. The van der Waals surface area contributed by atoms with E-state index in [1.54, 1.807) is 7.05 Å². The van der Waals surface area contributed by atoms with Crippen LogP contribution in [0.15, 0.2) is 63.0 Å². The van der Waals surface area contributed by atoms with Crippen LogP contribution in [0.5, 0.6) is 0 Å². The number of rotatable bonds is 5. The number of nitrogens with one attached hydrogen (secondary N) is 1. The Morgan fingerprint density at radius 3 is 2.39 bits per heavy atom. The molecule has 0 radical (unpaired) electrons. The van der Waals surface area contributed by atoms with E-state index >= 15 is 0 Å². The molecule has 0 bridgehead atoms. The maximum Gasteiger partial charge on any atom is 0.331 e. The van der Waals surface area contributed by atoms with Gasteiger partial charge in [-0.15, -0.1) is 0 Å². The van der Waals surface area contributed by atoms with Gasteiger partial charge in [0.15, 0.2) is 0 Å². The monoisotopic (exact) mass is 399 g/mol. The molecule has 3 aromatic rings. The SMILES string of the molecule is Cn1c(=O)n(Cc2ccccc2)c(=O)c2cc(S(=O)(=O)NC3(C)CC3)ccc21. The van der Waals surface area contributed by atoms with E-state index in [0.717, 1.165) is 23.0 Å². The van der Waals surface area contributed by atoms with E-state index in [2.05, 4.69) is 4.72 Å². The van der Waals surface area contributed by atoms with Gasteiger partial charge in [0.1, 0.15) is 0 Å². The van der Waals surface area contributed by atoms with Gasteiger partial charge >= 0.3 is 5.69 Å². The average molecular weight is 399 g/mol. The molecule has 0 spiro atoms. The molecule has 146 valence electrons. The molecule has 4 rings (SSSR count). The summed E-state index contributed by atoms with van der Waals surface area (Å²) < 4.78 is 30.5. The van der Waals surface area contributed by atoms with E-state index in [4.69, 9.17) is 0 Å². The summed E-state index contributed by atoms with van der Waals surface area (Å²) in [5, 5.41) is 0.196. The molecule has 1 saturated carbocycles. The molecule has 1 heterocycles. The molecular formula is C20H21N3O4S. The zero-order chi connectivity index (χ0) is 20.1. The van der Waals surface area contributed by atoms with E-state index in [-0.39, 0.29) is 16.8 Å². The van der Waals surface area contributed by atoms with Gasteiger partial charge in [-0.2, -0.15) is 0 Å². The first kappa shape index (κ1) is 18.6. The number of nitrogens with zero attached hydrogens (tertiary/aromatic N) is 2. The lowest BCUT2D eigenvalue weighted by Crippen LogP contribution is -2.39. The molecule has 1 aliphatic carbocycles. The molecule has 1 aromatic heterocycles. The van der Waals surface area contributed by atoms with Gasteiger partial charge in [-0.05, 0) is 43.5 Å². The van der Waals surface area contributed by atoms with Crippen molar-refractivity contribution in [3.05, 3.63) is 74.9 Å². The second kappa shape index (κ2) is 6.42. The minimum atomic E-state index is -3.74. The predicted octanol–water partition coefficient (Wildman–Crippen LogP) is 1.58. The first-order valence-electron chi connectivity index (χ1n) is 9.02. The fourth-order valence-electron chi connectivity index (χ4n) is 3.24. The van der Waals surface area contributed by atoms with Crippen LogP contribution in [0.2, 0.25) is 0 Å². The van der Waals surface area contributed by atoms with Gasteiger partial charge in [0.2, 0.25) is 10.0 Å². The average Bonchev–Trinajstić information content (AvgIpc) is 3.39. The lowest BCUT2D eigenvalue weighted by atomic mass is 10.2. The van der Waals surface area contributed by atoms with Gasteiger partial charge in [0, 0.05) is 12.6 Å². The van der Waals surface area contributed by atoms with Crippen LogP contribution in [0.4, 0.5) is 0 Å². The summed E-state index contributed by atoms with van der Waals surface area (Å²) in [7, 11) is -2.17. The van der Waals surface area contributed by atoms with Gasteiger partial charge in [0.05, 0.1) is 22.3 Å².